The van der Waals surface area contributed by atoms with Crippen molar-refractivity contribution in [2.24, 2.45) is 0 Å². The van der Waals surface area contributed by atoms with E-state index >= 15 is 0 Å². The molecule has 5 atom stereocenters. The van der Waals surface area contributed by atoms with Gasteiger partial charge >= 0.3 is 0 Å². The molecule has 0 unspecified atom stereocenters. The van der Waals surface area contributed by atoms with Crippen LogP contribution in [0.2, 0.25) is 0 Å². The number of fused-ring (bicyclic) bond motifs is 1. The molecule has 1 saturated heterocycles. The maximum atomic E-state index is 12.6. The van der Waals surface area contributed by atoms with Gasteiger partial charge in [-0.2, -0.15) is 0 Å². The molecule has 31 heavy (non-hydrogen) atoms. The first-order valence-corrected chi connectivity index (χ1v) is 9.36. The van der Waals surface area contributed by atoms with Crippen molar-refractivity contribution >= 4 is 11.0 Å². The molecular formula is C21H20O10. The summed E-state index contributed by atoms with van der Waals surface area (Å²) < 4.78 is 16.5. The van der Waals surface area contributed by atoms with Gasteiger partial charge in [-0.3, -0.25) is 4.79 Å². The largest absolute Gasteiger partial charge is 0.508 e. The second kappa shape index (κ2) is 7.75. The third-order valence-corrected chi connectivity index (χ3v) is 5.04. The molecule has 0 radical (unpaired) electrons. The Morgan fingerprint density at radius 2 is 1.71 bits per heavy atom. The number of aliphatic hydroxyl groups excluding tert-OH is 3. The van der Waals surface area contributed by atoms with E-state index in [9.17, 15) is 35.4 Å². The fourth-order valence-corrected chi connectivity index (χ4v) is 3.44. The summed E-state index contributed by atoms with van der Waals surface area (Å²) in [6.07, 6.45) is -6.37. The molecule has 0 aliphatic carbocycles. The Kier molecular flexibility index (Phi) is 5.23. The molecule has 10 nitrogen and oxygen atoms in total. The predicted molar refractivity (Wildman–Crippen MR) is 106 cm³/mol. The van der Waals surface area contributed by atoms with Crippen molar-refractivity contribution in [1.82, 2.24) is 0 Å². The number of hydrogen-bond donors (Lipinski definition) is 6. The first-order valence-electron chi connectivity index (χ1n) is 9.36. The van der Waals surface area contributed by atoms with Crippen molar-refractivity contribution in [1.29, 1.82) is 0 Å². The molecule has 1 aromatic heterocycles. The van der Waals surface area contributed by atoms with Crippen LogP contribution in [0, 0.1) is 0 Å². The van der Waals surface area contributed by atoms with Gasteiger partial charge in [0.15, 0.2) is 5.76 Å². The molecule has 3 aromatic rings. The van der Waals surface area contributed by atoms with Crippen molar-refractivity contribution < 1.29 is 44.5 Å². The van der Waals surface area contributed by atoms with Crippen LogP contribution in [0.25, 0.3) is 22.3 Å². The zero-order chi connectivity index (χ0) is 22.4. The average Bonchev–Trinajstić information content (AvgIpc) is 3.00. The summed E-state index contributed by atoms with van der Waals surface area (Å²) in [4.78, 5) is 12.6. The number of aromatic hydroxyl groups is 3. The van der Waals surface area contributed by atoms with Gasteiger partial charge in [0, 0.05) is 17.7 Å². The van der Waals surface area contributed by atoms with E-state index in [0.717, 1.165) is 6.07 Å². The van der Waals surface area contributed by atoms with Crippen LogP contribution in [0.5, 0.6) is 23.0 Å². The van der Waals surface area contributed by atoms with Crippen molar-refractivity contribution in [2.45, 2.75) is 37.6 Å². The second-order valence-corrected chi connectivity index (χ2v) is 7.28. The summed E-state index contributed by atoms with van der Waals surface area (Å²) in [6.45, 7) is 1.39. The number of phenolic OH excluding ortho intramolecular Hbond substituents is 2. The smallest absolute Gasteiger partial charge is 0.238 e. The lowest BCUT2D eigenvalue weighted by molar-refractivity contribution is -0.128. The van der Waals surface area contributed by atoms with Crippen LogP contribution in [0.1, 0.15) is 6.92 Å². The van der Waals surface area contributed by atoms with Crippen LogP contribution in [0.3, 0.4) is 0 Å². The van der Waals surface area contributed by atoms with Gasteiger partial charge in [0.25, 0.3) is 0 Å². The summed E-state index contributed by atoms with van der Waals surface area (Å²) in [5.74, 6) is -1.53. The molecule has 1 fully saturated rings. The molecule has 0 amide bonds. The summed E-state index contributed by atoms with van der Waals surface area (Å²) in [5.41, 5.74) is -0.700. The van der Waals surface area contributed by atoms with Crippen molar-refractivity contribution in [3.63, 3.8) is 0 Å². The zero-order valence-electron chi connectivity index (χ0n) is 16.2. The number of benzene rings is 2. The lowest BCUT2D eigenvalue weighted by atomic mass is 10.1. The summed E-state index contributed by atoms with van der Waals surface area (Å²) in [6, 6.07) is 7.87. The van der Waals surface area contributed by atoms with Gasteiger partial charge in [-0.1, -0.05) is 0 Å². The number of hydrogen-bond acceptors (Lipinski definition) is 10. The van der Waals surface area contributed by atoms with Gasteiger partial charge in [-0.15, -0.1) is 0 Å². The normalized spacial score (nSPS) is 24.4. The highest BCUT2D eigenvalue weighted by Crippen LogP contribution is 2.37. The Balaban J connectivity index is 1.75. The molecule has 164 valence electrons. The second-order valence-electron chi connectivity index (χ2n) is 7.28. The zero-order valence-corrected chi connectivity index (χ0v) is 16.2. The van der Waals surface area contributed by atoms with E-state index in [2.05, 4.69) is 0 Å². The van der Waals surface area contributed by atoms with E-state index in [4.69, 9.17) is 13.9 Å². The molecule has 10 heteroatoms. The number of aliphatic hydroxyl groups is 3. The highest BCUT2D eigenvalue weighted by atomic mass is 16.7. The van der Waals surface area contributed by atoms with Gasteiger partial charge in [0.05, 0.1) is 6.10 Å². The molecule has 2 aromatic carbocycles. The van der Waals surface area contributed by atoms with Gasteiger partial charge in [0.1, 0.15) is 46.5 Å². The molecular weight excluding hydrogens is 412 g/mol. The molecule has 0 bridgehead atoms. The van der Waals surface area contributed by atoms with Crippen LogP contribution in [0.4, 0.5) is 0 Å². The standard InChI is InChI=1S/C21H20O10/c1-8(22)19-17(27)18(28)21(31-19)29-11-6-12(24)14-13(7-11)30-20(16(26)15(14)25)9-2-4-10(23)5-3-9/h2-8,17-19,21-24,26-28H,1H3/t8-,17-,18+,19-,21+/m0/s1. The van der Waals surface area contributed by atoms with Gasteiger partial charge in [-0.05, 0) is 31.2 Å². The highest BCUT2D eigenvalue weighted by molar-refractivity contribution is 5.88. The minimum Gasteiger partial charge on any atom is -0.508 e. The van der Waals surface area contributed by atoms with Crippen LogP contribution in [-0.4, -0.2) is 61.3 Å². The van der Waals surface area contributed by atoms with E-state index in [1.807, 2.05) is 0 Å². The summed E-state index contributed by atoms with van der Waals surface area (Å²) in [5, 5.41) is 59.5. The fourth-order valence-electron chi connectivity index (χ4n) is 3.44. The lowest BCUT2D eigenvalue weighted by Gasteiger charge is -2.18. The monoisotopic (exact) mass is 432 g/mol. The Morgan fingerprint density at radius 1 is 1.03 bits per heavy atom. The van der Waals surface area contributed by atoms with E-state index in [-0.39, 0.29) is 28.2 Å². The Labute approximate surface area is 174 Å². The van der Waals surface area contributed by atoms with E-state index in [1.54, 1.807) is 0 Å². The maximum Gasteiger partial charge on any atom is 0.238 e. The predicted octanol–water partition coefficient (Wildman–Crippen LogP) is 0.783. The third-order valence-electron chi connectivity index (χ3n) is 5.04. The van der Waals surface area contributed by atoms with Crippen LogP contribution >= 0.6 is 0 Å². The topological polar surface area (TPSA) is 170 Å². The molecule has 2 heterocycles. The van der Waals surface area contributed by atoms with Crippen LogP contribution in [0.15, 0.2) is 45.6 Å². The molecule has 4 rings (SSSR count). The lowest BCUT2D eigenvalue weighted by Crippen LogP contribution is -2.38. The van der Waals surface area contributed by atoms with Gasteiger partial charge in [-0.25, -0.2) is 0 Å². The summed E-state index contributed by atoms with van der Waals surface area (Å²) >= 11 is 0. The molecule has 0 spiro atoms. The third kappa shape index (κ3) is 3.66. The van der Waals surface area contributed by atoms with E-state index in [1.165, 1.54) is 37.3 Å². The number of rotatable bonds is 4. The minimum atomic E-state index is -1.48. The number of ether oxygens (including phenoxy) is 2. The average molecular weight is 432 g/mol. The van der Waals surface area contributed by atoms with Crippen LogP contribution in [-0.2, 0) is 4.74 Å². The fraction of sp³-hybridized carbons (Fsp3) is 0.286. The van der Waals surface area contributed by atoms with Crippen LogP contribution < -0.4 is 10.2 Å². The molecule has 1 aliphatic heterocycles. The number of phenols is 2. The van der Waals surface area contributed by atoms with E-state index < -0.39 is 47.6 Å². The molecule has 0 saturated carbocycles. The summed E-state index contributed by atoms with van der Waals surface area (Å²) in [7, 11) is 0. The van der Waals surface area contributed by atoms with Gasteiger partial charge < -0.3 is 44.5 Å². The van der Waals surface area contributed by atoms with Gasteiger partial charge in [0.2, 0.25) is 17.5 Å². The maximum absolute atomic E-state index is 12.6. The SMILES string of the molecule is C[C@H](O)[C@@H]1O[C@@H](Oc2cc(O)c3c(=O)c(O)c(-c4ccc(O)cc4)oc3c2)[C@H](O)[C@@H]1O. The van der Waals surface area contributed by atoms with E-state index in [0.29, 0.717) is 5.56 Å². The Morgan fingerprint density at radius 3 is 2.32 bits per heavy atom. The van der Waals surface area contributed by atoms with Crippen molar-refractivity contribution in [3.05, 3.63) is 46.6 Å². The van der Waals surface area contributed by atoms with Crippen molar-refractivity contribution in [3.8, 4) is 34.3 Å². The molecule has 6 N–H and O–H groups in total. The Hall–Kier alpha value is -3.31. The molecule has 1 aliphatic rings. The quantitative estimate of drug-likeness (QED) is 0.346. The first kappa shape index (κ1) is 20.9. The first-order chi connectivity index (χ1) is 14.7. The highest BCUT2D eigenvalue weighted by Gasteiger charge is 2.46. The Bertz CT molecular complexity index is 1170. The van der Waals surface area contributed by atoms with Crippen molar-refractivity contribution in [2.75, 3.05) is 0 Å². The minimum absolute atomic E-state index is 0.0208.